The van der Waals surface area contributed by atoms with Gasteiger partial charge in [-0.3, -0.25) is 9.59 Å². The second-order valence-electron chi connectivity index (χ2n) is 3.00. The Balaban J connectivity index is 2.42. The third-order valence-corrected chi connectivity index (χ3v) is 2.59. The molecule has 0 unspecified atom stereocenters. The van der Waals surface area contributed by atoms with Gasteiger partial charge in [-0.1, -0.05) is 23.9 Å². The Labute approximate surface area is 92.6 Å². The van der Waals surface area contributed by atoms with Crippen LogP contribution in [-0.4, -0.2) is 15.9 Å². The molecule has 0 saturated heterocycles. The van der Waals surface area contributed by atoms with Gasteiger partial charge in [-0.05, 0) is 6.42 Å². The summed E-state index contributed by atoms with van der Waals surface area (Å²) in [5.74, 6) is 0.760. The Morgan fingerprint density at radius 2 is 2.40 bits per heavy atom. The van der Waals surface area contributed by atoms with Crippen LogP contribution >= 0.6 is 11.8 Å². The molecule has 4 heteroatoms. The fourth-order valence-corrected chi connectivity index (χ4v) is 1.58. The molecule has 1 N–H and O–H groups in total. The monoisotopic (exact) mass is 223 g/mol. The molecule has 15 heavy (non-hydrogen) atoms. The Morgan fingerprint density at radius 3 is 3.07 bits per heavy atom. The molecule has 3 nitrogen and oxygen atoms in total. The Kier molecular flexibility index (Phi) is 4.90. The third kappa shape index (κ3) is 4.65. The first-order valence-electron chi connectivity index (χ1n) is 4.67. The number of H-pyrrole nitrogens is 1. The van der Waals surface area contributed by atoms with Gasteiger partial charge in [-0.15, -0.1) is 0 Å². The number of rotatable bonds is 4. The summed E-state index contributed by atoms with van der Waals surface area (Å²) < 4.78 is 0. The van der Waals surface area contributed by atoms with E-state index in [4.69, 9.17) is 0 Å². The van der Waals surface area contributed by atoms with Gasteiger partial charge in [0.05, 0.1) is 0 Å². The SMILES string of the molecule is CC(=O)SCCC=Cc1c[nH]ccc1=O. The fourth-order valence-electron chi connectivity index (χ4n) is 1.04. The highest BCUT2D eigenvalue weighted by molar-refractivity contribution is 8.13. The van der Waals surface area contributed by atoms with Crippen LogP contribution in [0.25, 0.3) is 6.08 Å². The molecular weight excluding hydrogens is 210 g/mol. The average Bonchev–Trinajstić information content (AvgIpc) is 2.20. The minimum absolute atomic E-state index is 0.00391. The number of hydrogen-bond acceptors (Lipinski definition) is 3. The lowest BCUT2D eigenvalue weighted by molar-refractivity contribution is -0.109. The van der Waals surface area contributed by atoms with E-state index in [0.717, 1.165) is 12.2 Å². The zero-order valence-corrected chi connectivity index (χ0v) is 9.34. The highest BCUT2D eigenvalue weighted by atomic mass is 32.2. The topological polar surface area (TPSA) is 49.9 Å². The number of pyridine rings is 1. The van der Waals surface area contributed by atoms with Crippen LogP contribution < -0.4 is 5.43 Å². The zero-order valence-electron chi connectivity index (χ0n) is 8.53. The van der Waals surface area contributed by atoms with Crippen LogP contribution in [0.1, 0.15) is 18.9 Å². The summed E-state index contributed by atoms with van der Waals surface area (Å²) in [5.41, 5.74) is 0.648. The van der Waals surface area contributed by atoms with E-state index in [-0.39, 0.29) is 10.5 Å². The lowest BCUT2D eigenvalue weighted by atomic mass is 10.2. The van der Waals surface area contributed by atoms with Crippen LogP contribution in [0.2, 0.25) is 0 Å². The summed E-state index contributed by atoms with van der Waals surface area (Å²) in [7, 11) is 0. The largest absolute Gasteiger partial charge is 0.367 e. The first kappa shape index (κ1) is 11.8. The van der Waals surface area contributed by atoms with Crippen molar-refractivity contribution in [3.63, 3.8) is 0 Å². The van der Waals surface area contributed by atoms with E-state index in [2.05, 4.69) is 4.98 Å². The maximum absolute atomic E-state index is 11.3. The number of carbonyl (C=O) groups excluding carboxylic acids is 1. The molecule has 0 aliphatic rings. The summed E-state index contributed by atoms with van der Waals surface area (Å²) in [5, 5.41) is 0.126. The molecular formula is C11H13NO2S. The molecule has 0 aliphatic carbocycles. The Bertz CT molecular complexity index is 409. The maximum atomic E-state index is 11.3. The van der Waals surface area contributed by atoms with E-state index in [0.29, 0.717) is 5.56 Å². The van der Waals surface area contributed by atoms with Gasteiger partial charge < -0.3 is 4.98 Å². The number of carbonyl (C=O) groups is 1. The van der Waals surface area contributed by atoms with E-state index < -0.39 is 0 Å². The van der Waals surface area contributed by atoms with Gasteiger partial charge in [-0.2, -0.15) is 0 Å². The van der Waals surface area contributed by atoms with Crippen molar-refractivity contribution >= 4 is 23.0 Å². The molecule has 0 saturated carbocycles. The van der Waals surface area contributed by atoms with Gasteiger partial charge in [0.1, 0.15) is 0 Å². The summed E-state index contributed by atoms with van der Waals surface area (Å²) in [6, 6.07) is 1.49. The number of nitrogens with one attached hydrogen (secondary N) is 1. The van der Waals surface area contributed by atoms with E-state index in [1.54, 1.807) is 25.4 Å². The van der Waals surface area contributed by atoms with Crippen molar-refractivity contribution in [3.8, 4) is 0 Å². The first-order chi connectivity index (χ1) is 7.20. The van der Waals surface area contributed by atoms with Crippen molar-refractivity contribution in [1.82, 2.24) is 4.98 Å². The van der Waals surface area contributed by atoms with E-state index in [1.165, 1.54) is 17.8 Å². The number of hydrogen-bond donors (Lipinski definition) is 1. The third-order valence-electron chi connectivity index (χ3n) is 1.74. The van der Waals surface area contributed by atoms with E-state index in [1.807, 2.05) is 6.08 Å². The second-order valence-corrected chi connectivity index (χ2v) is 4.27. The molecule has 0 spiro atoms. The minimum Gasteiger partial charge on any atom is -0.367 e. The number of aromatic amines is 1. The molecule has 1 aromatic rings. The number of thioether (sulfide) groups is 1. The lowest BCUT2D eigenvalue weighted by Gasteiger charge is -1.92. The van der Waals surface area contributed by atoms with Crippen molar-refractivity contribution in [1.29, 1.82) is 0 Å². The molecule has 0 bridgehead atoms. The molecule has 0 amide bonds. The van der Waals surface area contributed by atoms with Gasteiger partial charge in [0.25, 0.3) is 0 Å². The van der Waals surface area contributed by atoms with Crippen LogP contribution in [0.3, 0.4) is 0 Å². The van der Waals surface area contributed by atoms with Crippen LogP contribution in [-0.2, 0) is 4.79 Å². The van der Waals surface area contributed by atoms with Crippen LogP contribution in [0.4, 0.5) is 0 Å². The van der Waals surface area contributed by atoms with Crippen molar-refractivity contribution in [2.45, 2.75) is 13.3 Å². The van der Waals surface area contributed by atoms with Crippen molar-refractivity contribution in [2.75, 3.05) is 5.75 Å². The molecule has 80 valence electrons. The van der Waals surface area contributed by atoms with Crippen LogP contribution in [0, 0.1) is 0 Å². The van der Waals surface area contributed by atoms with Crippen LogP contribution in [0.15, 0.2) is 29.3 Å². The molecule has 1 aromatic heterocycles. The number of aromatic nitrogens is 1. The minimum atomic E-state index is 0.00391. The fraction of sp³-hybridized carbons (Fsp3) is 0.273. The van der Waals surface area contributed by atoms with Gasteiger partial charge in [0, 0.05) is 36.7 Å². The zero-order chi connectivity index (χ0) is 11.1. The summed E-state index contributed by atoms with van der Waals surface area (Å²) in [4.78, 5) is 24.7. The summed E-state index contributed by atoms with van der Waals surface area (Å²) in [6.45, 7) is 1.55. The molecule has 1 heterocycles. The van der Waals surface area contributed by atoms with Crippen LogP contribution in [0.5, 0.6) is 0 Å². The highest BCUT2D eigenvalue weighted by Gasteiger charge is 1.93. The van der Waals surface area contributed by atoms with Crippen molar-refractivity contribution in [2.24, 2.45) is 0 Å². The van der Waals surface area contributed by atoms with Crippen molar-refractivity contribution in [3.05, 3.63) is 40.3 Å². The second kappa shape index (κ2) is 6.24. The van der Waals surface area contributed by atoms with Gasteiger partial charge >= 0.3 is 0 Å². The molecule has 0 fully saturated rings. The molecule has 0 atom stereocenters. The van der Waals surface area contributed by atoms with Crippen molar-refractivity contribution < 1.29 is 4.79 Å². The standard InChI is InChI=1S/C11H13NO2S/c1-9(13)15-7-3-2-4-10-8-12-6-5-11(10)14/h2,4-6,8H,3,7H2,1H3,(H,12,14). The Hall–Kier alpha value is -1.29. The quantitative estimate of drug-likeness (QED) is 0.795. The normalized spacial score (nSPS) is 10.7. The smallest absolute Gasteiger partial charge is 0.188 e. The molecule has 0 radical (unpaired) electrons. The van der Waals surface area contributed by atoms with E-state index in [9.17, 15) is 9.59 Å². The van der Waals surface area contributed by atoms with Gasteiger partial charge in [-0.25, -0.2) is 0 Å². The Morgan fingerprint density at radius 1 is 1.60 bits per heavy atom. The molecule has 0 aromatic carbocycles. The lowest BCUT2D eigenvalue weighted by Crippen LogP contribution is -2.01. The van der Waals surface area contributed by atoms with E-state index >= 15 is 0 Å². The maximum Gasteiger partial charge on any atom is 0.188 e. The predicted octanol–water partition coefficient (Wildman–Crippen LogP) is 2.06. The molecule has 1 rings (SSSR count). The van der Waals surface area contributed by atoms with Gasteiger partial charge in [0.2, 0.25) is 0 Å². The summed E-state index contributed by atoms with van der Waals surface area (Å²) >= 11 is 1.29. The van der Waals surface area contributed by atoms with Gasteiger partial charge in [0.15, 0.2) is 10.5 Å². The summed E-state index contributed by atoms with van der Waals surface area (Å²) in [6.07, 6.45) is 7.74. The predicted molar refractivity (Wildman–Crippen MR) is 63.9 cm³/mol. The number of allylic oxidation sites excluding steroid dienone is 1. The molecule has 0 aliphatic heterocycles. The highest BCUT2D eigenvalue weighted by Crippen LogP contribution is 2.04. The average molecular weight is 223 g/mol. The first-order valence-corrected chi connectivity index (χ1v) is 5.65.